The fourth-order valence-electron chi connectivity index (χ4n) is 4.57. The largest absolute Gasteiger partial charge is 0.395 e. The molecule has 2 heterocycles. The van der Waals surface area contributed by atoms with Crippen molar-refractivity contribution in [3.8, 4) is 0 Å². The van der Waals surface area contributed by atoms with E-state index in [0.29, 0.717) is 54.7 Å². The average Bonchev–Trinajstić information content (AvgIpc) is 3.43. The topological polar surface area (TPSA) is 115 Å². The van der Waals surface area contributed by atoms with Crippen LogP contribution in [0.4, 0.5) is 5.13 Å². The number of nitrogens with one attached hydrogen (secondary N) is 2. The maximum Gasteiger partial charge on any atom is 0.257 e. The van der Waals surface area contributed by atoms with Gasteiger partial charge in [0.15, 0.2) is 5.13 Å². The van der Waals surface area contributed by atoms with Crippen LogP contribution in [0.25, 0.3) is 0 Å². The summed E-state index contributed by atoms with van der Waals surface area (Å²) in [6.07, 6.45) is 1.75. The summed E-state index contributed by atoms with van der Waals surface area (Å²) in [7, 11) is 0. The molecule has 9 nitrogen and oxygen atoms in total. The lowest BCUT2D eigenvalue weighted by molar-refractivity contribution is -0.130. The van der Waals surface area contributed by atoms with Gasteiger partial charge in [-0.3, -0.25) is 19.7 Å². The van der Waals surface area contributed by atoms with Crippen molar-refractivity contribution in [3.63, 3.8) is 0 Å². The number of aromatic nitrogens is 1. The highest BCUT2D eigenvalue weighted by Crippen LogP contribution is 2.31. The van der Waals surface area contributed by atoms with E-state index in [1.54, 1.807) is 46.8 Å². The third-order valence-electron chi connectivity index (χ3n) is 7.27. The summed E-state index contributed by atoms with van der Waals surface area (Å²) in [5, 5.41) is 16.4. The van der Waals surface area contributed by atoms with Crippen molar-refractivity contribution in [2.75, 3.05) is 38.1 Å². The summed E-state index contributed by atoms with van der Waals surface area (Å²) in [5.41, 5.74) is 3.18. The minimum Gasteiger partial charge on any atom is -0.395 e. The molecule has 1 atom stereocenters. The first-order valence-corrected chi connectivity index (χ1v) is 15.8. The smallest absolute Gasteiger partial charge is 0.257 e. The van der Waals surface area contributed by atoms with Crippen LogP contribution in [-0.2, 0) is 17.1 Å². The van der Waals surface area contributed by atoms with E-state index >= 15 is 0 Å². The van der Waals surface area contributed by atoms with E-state index < -0.39 is 0 Å². The first-order valence-electron chi connectivity index (χ1n) is 14.0. The van der Waals surface area contributed by atoms with Crippen molar-refractivity contribution in [3.05, 3.63) is 77.0 Å². The first-order chi connectivity index (χ1) is 20.0. The molecule has 1 fully saturated rings. The summed E-state index contributed by atoms with van der Waals surface area (Å²) in [6, 6.07) is 15.0. The Morgan fingerprint density at radius 3 is 2.33 bits per heavy atom. The predicted molar refractivity (Wildman–Crippen MR) is 168 cm³/mol. The van der Waals surface area contributed by atoms with E-state index in [1.807, 2.05) is 36.4 Å². The van der Waals surface area contributed by atoms with E-state index in [4.69, 9.17) is 0 Å². The molecule has 1 aliphatic heterocycles. The molecule has 1 aliphatic rings. The monoisotopic (exact) mass is 609 g/mol. The van der Waals surface area contributed by atoms with Gasteiger partial charge in [-0.15, -0.1) is 11.8 Å². The van der Waals surface area contributed by atoms with Gasteiger partial charge in [0, 0.05) is 62.6 Å². The third kappa shape index (κ3) is 8.64. The Kier molecular flexibility index (Phi) is 10.8. The van der Waals surface area contributed by atoms with Crippen molar-refractivity contribution < 1.29 is 19.5 Å². The highest BCUT2D eigenvalue weighted by molar-refractivity contribution is 8.00. The molecule has 11 heteroatoms. The summed E-state index contributed by atoms with van der Waals surface area (Å²) in [5.74, 6) is 0.463. The number of thioether (sulfide) groups is 1. The molecule has 4 rings (SSSR count). The van der Waals surface area contributed by atoms with Crippen LogP contribution in [0.1, 0.15) is 59.5 Å². The molecule has 0 saturated carbocycles. The number of anilines is 1. The normalized spacial score (nSPS) is 14.5. The number of aliphatic hydroxyl groups is 1. The Balaban J connectivity index is 1.26. The number of amides is 3. The summed E-state index contributed by atoms with van der Waals surface area (Å²) in [4.78, 5) is 45.3. The standard InChI is InChI=1S/C31H39N5O4S2/c1-21(38)35-12-14-36(15-13-35)29(40)25-7-5-6-23(16-25)20-41-27-18-33-30(42-27)34-28(39)24-10-8-22(9-11-24)17-32-26(19-37)31(2,3)4/h5-11,16,18,26,32,37H,12-15,17,19-20H2,1-4H3,(H,33,34,39). The summed E-state index contributed by atoms with van der Waals surface area (Å²) in [6.45, 7) is 10.7. The highest BCUT2D eigenvalue weighted by atomic mass is 32.2. The molecule has 1 unspecified atom stereocenters. The number of carbonyl (C=O) groups excluding carboxylic acids is 3. The zero-order chi connectivity index (χ0) is 30.3. The van der Waals surface area contributed by atoms with Crippen molar-refractivity contribution in [1.82, 2.24) is 20.1 Å². The molecule has 42 heavy (non-hydrogen) atoms. The molecule has 3 aromatic rings. The van der Waals surface area contributed by atoms with Crippen LogP contribution in [0.3, 0.4) is 0 Å². The second-order valence-electron chi connectivity index (χ2n) is 11.4. The van der Waals surface area contributed by atoms with Crippen molar-refractivity contribution in [2.24, 2.45) is 5.41 Å². The Morgan fingerprint density at radius 2 is 1.69 bits per heavy atom. The first kappa shape index (κ1) is 31.7. The van der Waals surface area contributed by atoms with Gasteiger partial charge in [-0.25, -0.2) is 4.98 Å². The van der Waals surface area contributed by atoms with E-state index in [2.05, 4.69) is 36.4 Å². The Hall–Kier alpha value is -3.25. The van der Waals surface area contributed by atoms with Gasteiger partial charge in [0.25, 0.3) is 11.8 Å². The maximum atomic E-state index is 13.0. The summed E-state index contributed by atoms with van der Waals surface area (Å²) >= 11 is 3.01. The van der Waals surface area contributed by atoms with Crippen LogP contribution < -0.4 is 10.6 Å². The minimum absolute atomic E-state index is 0.0172. The van der Waals surface area contributed by atoms with Crippen LogP contribution in [-0.4, -0.2) is 76.4 Å². The molecule has 0 radical (unpaired) electrons. The van der Waals surface area contributed by atoms with Crippen LogP contribution in [0, 0.1) is 5.41 Å². The van der Waals surface area contributed by atoms with E-state index in [9.17, 15) is 19.5 Å². The predicted octanol–water partition coefficient (Wildman–Crippen LogP) is 4.49. The molecule has 1 aromatic heterocycles. The molecule has 3 N–H and O–H groups in total. The molecule has 0 bridgehead atoms. The van der Waals surface area contributed by atoms with Gasteiger partial charge < -0.3 is 20.2 Å². The van der Waals surface area contributed by atoms with Gasteiger partial charge in [-0.05, 0) is 40.8 Å². The number of rotatable bonds is 10. The molecule has 0 aliphatic carbocycles. The van der Waals surface area contributed by atoms with Gasteiger partial charge in [-0.2, -0.15) is 0 Å². The number of hydrogen-bond acceptors (Lipinski definition) is 8. The second-order valence-corrected chi connectivity index (χ2v) is 13.7. The number of piperazine rings is 1. The Labute approximate surface area is 255 Å². The maximum absolute atomic E-state index is 13.0. The van der Waals surface area contributed by atoms with Gasteiger partial charge >= 0.3 is 0 Å². The molecule has 2 aromatic carbocycles. The van der Waals surface area contributed by atoms with Crippen molar-refractivity contribution in [1.29, 1.82) is 0 Å². The van der Waals surface area contributed by atoms with Gasteiger partial charge in [0.2, 0.25) is 5.91 Å². The molecule has 0 spiro atoms. The fourth-order valence-corrected chi connectivity index (χ4v) is 6.38. The third-order valence-corrected chi connectivity index (χ3v) is 9.45. The van der Waals surface area contributed by atoms with E-state index in [-0.39, 0.29) is 35.8 Å². The Morgan fingerprint density at radius 1 is 1.00 bits per heavy atom. The number of thiazole rings is 1. The van der Waals surface area contributed by atoms with E-state index in [0.717, 1.165) is 15.3 Å². The Bertz CT molecular complexity index is 1380. The molecule has 224 valence electrons. The minimum atomic E-state index is -0.223. The van der Waals surface area contributed by atoms with Gasteiger partial charge in [0.1, 0.15) is 0 Å². The number of carbonyl (C=O) groups is 3. The SMILES string of the molecule is CC(=O)N1CCN(C(=O)c2cccc(CSc3cnc(NC(=O)c4ccc(CNC(CO)C(C)(C)C)cc4)s3)c2)CC1. The van der Waals surface area contributed by atoms with Crippen molar-refractivity contribution >= 4 is 46.0 Å². The highest BCUT2D eigenvalue weighted by Gasteiger charge is 2.24. The quantitative estimate of drug-likeness (QED) is 0.290. The summed E-state index contributed by atoms with van der Waals surface area (Å²) < 4.78 is 0.959. The fraction of sp³-hybridized carbons (Fsp3) is 0.419. The average molecular weight is 610 g/mol. The lowest BCUT2D eigenvalue weighted by atomic mass is 9.87. The molecule has 3 amide bonds. The van der Waals surface area contributed by atoms with Gasteiger partial charge in [-0.1, -0.05) is 56.4 Å². The number of nitrogens with zero attached hydrogens (tertiary/aromatic N) is 3. The number of benzene rings is 2. The van der Waals surface area contributed by atoms with E-state index in [1.165, 1.54) is 11.3 Å². The van der Waals surface area contributed by atoms with Crippen LogP contribution in [0.2, 0.25) is 0 Å². The lowest BCUT2D eigenvalue weighted by Gasteiger charge is -2.34. The van der Waals surface area contributed by atoms with Gasteiger partial charge in [0.05, 0.1) is 17.0 Å². The lowest BCUT2D eigenvalue weighted by Crippen LogP contribution is -2.50. The zero-order valence-corrected chi connectivity index (χ0v) is 26.2. The second kappa shape index (κ2) is 14.3. The van der Waals surface area contributed by atoms with Crippen LogP contribution >= 0.6 is 23.1 Å². The van der Waals surface area contributed by atoms with Crippen molar-refractivity contribution in [2.45, 2.75) is 50.2 Å². The van der Waals surface area contributed by atoms with Crippen LogP contribution in [0.15, 0.2) is 58.9 Å². The number of hydrogen-bond donors (Lipinski definition) is 3. The molecular weight excluding hydrogens is 571 g/mol. The number of aliphatic hydroxyl groups excluding tert-OH is 1. The zero-order valence-electron chi connectivity index (χ0n) is 24.6. The van der Waals surface area contributed by atoms with Crippen LogP contribution in [0.5, 0.6) is 0 Å². The molecular formula is C31H39N5O4S2. The molecule has 1 saturated heterocycles.